The Morgan fingerprint density at radius 1 is 1.24 bits per heavy atom. The molecule has 0 saturated carbocycles. The van der Waals surface area contributed by atoms with Crippen LogP contribution in [-0.4, -0.2) is 41.0 Å². The van der Waals surface area contributed by atoms with Gasteiger partial charge in [0.1, 0.15) is 11.5 Å². The van der Waals surface area contributed by atoms with Crippen LogP contribution in [-0.2, 0) is 6.54 Å². The Hall–Kier alpha value is -2.80. The molecule has 0 aliphatic carbocycles. The van der Waals surface area contributed by atoms with Gasteiger partial charge in [-0.3, -0.25) is 10.00 Å². The highest BCUT2D eigenvalue weighted by atomic mass is 16.5. The molecule has 7 heteroatoms. The van der Waals surface area contributed by atoms with Gasteiger partial charge in [0.05, 0.1) is 37.8 Å². The Morgan fingerprint density at radius 3 is 2.83 bits per heavy atom. The first-order valence-electron chi connectivity index (χ1n) is 10.1. The van der Waals surface area contributed by atoms with Crippen LogP contribution in [0.5, 0.6) is 11.5 Å². The van der Waals surface area contributed by atoms with Gasteiger partial charge in [0, 0.05) is 23.7 Å². The Kier molecular flexibility index (Phi) is 5.58. The van der Waals surface area contributed by atoms with Crippen LogP contribution in [0.2, 0.25) is 0 Å². The van der Waals surface area contributed by atoms with Gasteiger partial charge in [-0.1, -0.05) is 19.0 Å². The van der Waals surface area contributed by atoms with Crippen LogP contribution in [0.4, 0.5) is 0 Å². The van der Waals surface area contributed by atoms with Crippen molar-refractivity contribution in [1.82, 2.24) is 20.3 Å². The van der Waals surface area contributed by atoms with Crippen LogP contribution in [0, 0.1) is 0 Å². The van der Waals surface area contributed by atoms with Crippen molar-refractivity contribution in [3.63, 3.8) is 0 Å². The van der Waals surface area contributed by atoms with Gasteiger partial charge in [-0.15, -0.1) is 0 Å². The van der Waals surface area contributed by atoms with Crippen molar-refractivity contribution in [3.8, 4) is 22.8 Å². The molecule has 1 aliphatic rings. The molecule has 2 aromatic heterocycles. The number of rotatable bonds is 7. The van der Waals surface area contributed by atoms with Gasteiger partial charge in [0.15, 0.2) is 5.76 Å². The zero-order valence-electron chi connectivity index (χ0n) is 17.4. The standard InChI is InChI=1S/C22H28N4O3/c1-14(2)18-11-21(29-25-18)19-6-5-9-26(19)13-15-12-23-24-22(15)17-10-16(27-3)7-8-20(17)28-4/h7-8,10-12,14,19H,5-6,9,13H2,1-4H3,(H,23,24)/t19-/m0/s1. The molecule has 0 unspecified atom stereocenters. The van der Waals surface area contributed by atoms with E-state index in [9.17, 15) is 0 Å². The molecule has 0 radical (unpaired) electrons. The van der Waals surface area contributed by atoms with E-state index in [-0.39, 0.29) is 6.04 Å². The summed E-state index contributed by atoms with van der Waals surface area (Å²) in [5.41, 5.74) is 4.02. The highest BCUT2D eigenvalue weighted by Crippen LogP contribution is 2.38. The molecular weight excluding hydrogens is 368 g/mol. The van der Waals surface area contributed by atoms with Crippen molar-refractivity contribution in [2.24, 2.45) is 0 Å². The number of nitrogens with zero attached hydrogens (tertiary/aromatic N) is 3. The lowest BCUT2D eigenvalue weighted by atomic mass is 10.0. The van der Waals surface area contributed by atoms with Crippen LogP contribution in [0.15, 0.2) is 35.0 Å². The Bertz CT molecular complexity index is 963. The van der Waals surface area contributed by atoms with Gasteiger partial charge in [-0.2, -0.15) is 5.10 Å². The van der Waals surface area contributed by atoms with Gasteiger partial charge in [-0.05, 0) is 43.5 Å². The van der Waals surface area contributed by atoms with Crippen molar-refractivity contribution in [2.75, 3.05) is 20.8 Å². The first-order valence-corrected chi connectivity index (χ1v) is 10.1. The second-order valence-corrected chi connectivity index (χ2v) is 7.77. The van der Waals surface area contributed by atoms with Gasteiger partial charge < -0.3 is 14.0 Å². The van der Waals surface area contributed by atoms with Crippen molar-refractivity contribution in [1.29, 1.82) is 0 Å². The summed E-state index contributed by atoms with van der Waals surface area (Å²) in [4.78, 5) is 2.44. The number of benzene rings is 1. The molecule has 0 spiro atoms. The largest absolute Gasteiger partial charge is 0.497 e. The van der Waals surface area contributed by atoms with E-state index in [0.29, 0.717) is 5.92 Å². The van der Waals surface area contributed by atoms with Crippen LogP contribution < -0.4 is 9.47 Å². The zero-order chi connectivity index (χ0) is 20.4. The minimum Gasteiger partial charge on any atom is -0.497 e. The lowest BCUT2D eigenvalue weighted by Crippen LogP contribution is -2.22. The Balaban J connectivity index is 1.60. The molecule has 0 bridgehead atoms. The molecule has 4 rings (SSSR count). The Morgan fingerprint density at radius 2 is 2.10 bits per heavy atom. The number of ether oxygens (including phenoxy) is 2. The van der Waals surface area contributed by atoms with Crippen LogP contribution in [0.1, 0.15) is 55.7 Å². The van der Waals surface area contributed by atoms with E-state index in [1.54, 1.807) is 14.2 Å². The van der Waals surface area contributed by atoms with E-state index < -0.39 is 0 Å². The number of likely N-dealkylation sites (tertiary alicyclic amines) is 1. The van der Waals surface area contributed by atoms with Crippen molar-refractivity contribution in [3.05, 3.63) is 47.5 Å². The summed E-state index contributed by atoms with van der Waals surface area (Å²) in [7, 11) is 3.34. The molecule has 1 atom stereocenters. The van der Waals surface area contributed by atoms with Gasteiger partial charge in [-0.25, -0.2) is 0 Å². The summed E-state index contributed by atoms with van der Waals surface area (Å²) in [5.74, 6) is 2.88. The molecule has 1 N–H and O–H groups in total. The van der Waals surface area contributed by atoms with Gasteiger partial charge in [0.25, 0.3) is 0 Å². The molecule has 1 saturated heterocycles. The fraction of sp³-hybridized carbons (Fsp3) is 0.455. The number of aromatic nitrogens is 3. The second-order valence-electron chi connectivity index (χ2n) is 7.77. The maximum atomic E-state index is 5.69. The summed E-state index contributed by atoms with van der Waals surface area (Å²) in [6.45, 7) is 6.05. The molecule has 7 nitrogen and oxygen atoms in total. The lowest BCUT2D eigenvalue weighted by Gasteiger charge is -2.22. The number of hydrogen-bond donors (Lipinski definition) is 1. The average molecular weight is 396 g/mol. The first-order chi connectivity index (χ1) is 14.1. The summed E-state index contributed by atoms with van der Waals surface area (Å²) in [5, 5.41) is 11.7. The van der Waals surface area contributed by atoms with Crippen molar-refractivity contribution in [2.45, 2.75) is 45.2 Å². The molecule has 3 aromatic rings. The van der Waals surface area contributed by atoms with Crippen LogP contribution >= 0.6 is 0 Å². The number of hydrogen-bond acceptors (Lipinski definition) is 6. The second kappa shape index (κ2) is 8.29. The summed E-state index contributed by atoms with van der Waals surface area (Å²) in [6, 6.07) is 8.13. The van der Waals surface area contributed by atoms with Crippen LogP contribution in [0.25, 0.3) is 11.3 Å². The monoisotopic (exact) mass is 396 g/mol. The third kappa shape index (κ3) is 3.87. The third-order valence-electron chi connectivity index (χ3n) is 5.60. The van der Waals surface area contributed by atoms with E-state index in [1.807, 2.05) is 24.4 Å². The SMILES string of the molecule is COc1ccc(OC)c(-c2[nH]ncc2CN2CCC[C@H]2c2cc(C(C)C)no2)c1. The van der Waals surface area contributed by atoms with E-state index in [2.05, 4.69) is 40.2 Å². The minimum atomic E-state index is 0.241. The van der Waals surface area contributed by atoms with E-state index in [1.165, 1.54) is 0 Å². The quantitative estimate of drug-likeness (QED) is 0.632. The molecule has 0 amide bonds. The van der Waals surface area contributed by atoms with Gasteiger partial charge >= 0.3 is 0 Å². The maximum Gasteiger partial charge on any atom is 0.154 e. The fourth-order valence-electron chi connectivity index (χ4n) is 3.96. The smallest absolute Gasteiger partial charge is 0.154 e. The molecule has 1 aromatic carbocycles. The molecule has 3 heterocycles. The molecule has 29 heavy (non-hydrogen) atoms. The number of methoxy groups -OCH3 is 2. The number of H-pyrrole nitrogens is 1. The fourth-order valence-corrected chi connectivity index (χ4v) is 3.96. The summed E-state index contributed by atoms with van der Waals surface area (Å²) < 4.78 is 16.7. The minimum absolute atomic E-state index is 0.241. The zero-order valence-corrected chi connectivity index (χ0v) is 17.4. The topological polar surface area (TPSA) is 76.4 Å². The third-order valence-corrected chi connectivity index (χ3v) is 5.60. The summed E-state index contributed by atoms with van der Waals surface area (Å²) in [6.07, 6.45) is 4.10. The maximum absolute atomic E-state index is 5.69. The number of aromatic amines is 1. The van der Waals surface area contributed by atoms with Crippen molar-refractivity contribution >= 4 is 0 Å². The molecule has 154 valence electrons. The van der Waals surface area contributed by atoms with Crippen LogP contribution in [0.3, 0.4) is 0 Å². The average Bonchev–Trinajstić information content (AvgIpc) is 3.48. The normalized spacial score (nSPS) is 17.2. The first kappa shape index (κ1) is 19.5. The molecule has 1 fully saturated rings. The molecule has 1 aliphatic heterocycles. The predicted octanol–water partition coefficient (Wildman–Crippen LogP) is 4.54. The predicted molar refractivity (Wildman–Crippen MR) is 110 cm³/mol. The van der Waals surface area contributed by atoms with E-state index in [4.69, 9.17) is 14.0 Å². The van der Waals surface area contributed by atoms with E-state index >= 15 is 0 Å². The molecular formula is C22H28N4O3. The van der Waals surface area contributed by atoms with E-state index in [0.717, 1.165) is 65.7 Å². The number of nitrogens with one attached hydrogen (secondary N) is 1. The van der Waals surface area contributed by atoms with Crippen molar-refractivity contribution < 1.29 is 14.0 Å². The Labute approximate surface area is 171 Å². The summed E-state index contributed by atoms with van der Waals surface area (Å²) >= 11 is 0. The van der Waals surface area contributed by atoms with Gasteiger partial charge in [0.2, 0.25) is 0 Å². The lowest BCUT2D eigenvalue weighted by molar-refractivity contribution is 0.206. The highest BCUT2D eigenvalue weighted by Gasteiger charge is 2.30. The highest BCUT2D eigenvalue weighted by molar-refractivity contribution is 5.71.